The normalized spacial score (nSPS) is 16.7. The van der Waals surface area contributed by atoms with Crippen LogP contribution in [0, 0.1) is 0 Å². The van der Waals surface area contributed by atoms with Gasteiger partial charge in [-0.1, -0.05) is 11.3 Å². The first-order chi connectivity index (χ1) is 8.69. The van der Waals surface area contributed by atoms with E-state index in [1.807, 2.05) is 6.92 Å². The van der Waals surface area contributed by atoms with E-state index in [1.165, 1.54) is 11.3 Å². The van der Waals surface area contributed by atoms with E-state index in [-0.39, 0.29) is 6.09 Å². The summed E-state index contributed by atoms with van der Waals surface area (Å²) in [5.74, 6) is 0. The Bertz CT molecular complexity index is 406. The van der Waals surface area contributed by atoms with E-state index >= 15 is 0 Å². The van der Waals surface area contributed by atoms with Crippen molar-refractivity contribution in [2.45, 2.75) is 25.8 Å². The molecule has 1 saturated heterocycles. The standard InChI is InChI=1S/C10H15BrN4O2S/c1-2-17-10(16)15-5-3-7(4-6-15)12-9-14-13-8(11)18-9/h7H,2-6H2,1H3,(H,12,14). The van der Waals surface area contributed by atoms with E-state index in [4.69, 9.17) is 4.74 Å². The van der Waals surface area contributed by atoms with Crippen LogP contribution in [0.15, 0.2) is 3.92 Å². The summed E-state index contributed by atoms with van der Waals surface area (Å²) in [7, 11) is 0. The van der Waals surface area contributed by atoms with E-state index in [2.05, 4.69) is 31.4 Å². The van der Waals surface area contributed by atoms with Crippen LogP contribution in [0.25, 0.3) is 0 Å². The summed E-state index contributed by atoms with van der Waals surface area (Å²) in [5, 5.41) is 12.0. The Morgan fingerprint density at radius 3 is 2.83 bits per heavy atom. The van der Waals surface area contributed by atoms with Gasteiger partial charge in [0.05, 0.1) is 6.61 Å². The lowest BCUT2D eigenvalue weighted by atomic mass is 10.1. The Labute approximate surface area is 118 Å². The number of piperidine rings is 1. The van der Waals surface area contributed by atoms with Crippen molar-refractivity contribution in [1.82, 2.24) is 15.1 Å². The Kier molecular flexibility index (Phi) is 4.76. The van der Waals surface area contributed by atoms with Crippen LogP contribution >= 0.6 is 27.3 Å². The zero-order valence-electron chi connectivity index (χ0n) is 10.1. The highest BCUT2D eigenvalue weighted by molar-refractivity contribution is 9.11. The molecule has 0 radical (unpaired) electrons. The third kappa shape index (κ3) is 3.55. The minimum absolute atomic E-state index is 0.213. The molecule has 1 aromatic rings. The molecule has 2 rings (SSSR count). The third-order valence-electron chi connectivity index (χ3n) is 2.75. The van der Waals surface area contributed by atoms with Crippen LogP contribution in [0.2, 0.25) is 0 Å². The summed E-state index contributed by atoms with van der Waals surface area (Å²) < 4.78 is 5.75. The summed E-state index contributed by atoms with van der Waals surface area (Å²) >= 11 is 4.75. The Morgan fingerprint density at radius 2 is 2.28 bits per heavy atom. The highest BCUT2D eigenvalue weighted by Gasteiger charge is 2.23. The first kappa shape index (κ1) is 13.5. The molecule has 2 heterocycles. The van der Waals surface area contributed by atoms with Crippen LogP contribution in [0.5, 0.6) is 0 Å². The number of hydrogen-bond donors (Lipinski definition) is 1. The summed E-state index contributed by atoms with van der Waals surface area (Å²) in [6, 6.07) is 0.343. The lowest BCUT2D eigenvalue weighted by Crippen LogP contribution is -2.42. The average molecular weight is 335 g/mol. The van der Waals surface area contributed by atoms with Gasteiger partial charge in [0.2, 0.25) is 5.13 Å². The summed E-state index contributed by atoms with van der Waals surface area (Å²) in [5.41, 5.74) is 0. The van der Waals surface area contributed by atoms with E-state index < -0.39 is 0 Å². The van der Waals surface area contributed by atoms with E-state index in [9.17, 15) is 4.79 Å². The minimum atomic E-state index is -0.213. The second-order valence-electron chi connectivity index (χ2n) is 3.96. The lowest BCUT2D eigenvalue weighted by molar-refractivity contribution is 0.0983. The van der Waals surface area contributed by atoms with Gasteiger partial charge in [-0.25, -0.2) is 4.79 Å². The molecule has 0 aliphatic carbocycles. The third-order valence-corrected chi connectivity index (χ3v) is 4.04. The highest BCUT2D eigenvalue weighted by atomic mass is 79.9. The zero-order valence-corrected chi connectivity index (χ0v) is 12.5. The number of nitrogens with one attached hydrogen (secondary N) is 1. The summed E-state index contributed by atoms with van der Waals surface area (Å²) in [4.78, 5) is 13.3. The number of carbonyl (C=O) groups is 1. The molecule has 8 heteroatoms. The van der Waals surface area contributed by atoms with Gasteiger partial charge in [-0.15, -0.1) is 10.2 Å². The molecule has 1 aliphatic rings. The lowest BCUT2D eigenvalue weighted by Gasteiger charge is -2.31. The maximum atomic E-state index is 11.5. The predicted molar refractivity (Wildman–Crippen MR) is 72.8 cm³/mol. The molecule has 18 heavy (non-hydrogen) atoms. The first-order valence-electron chi connectivity index (χ1n) is 5.86. The van der Waals surface area contributed by atoms with Gasteiger partial charge in [0.1, 0.15) is 0 Å². The molecular formula is C10H15BrN4O2S. The van der Waals surface area contributed by atoms with Crippen molar-refractivity contribution in [3.05, 3.63) is 3.92 Å². The maximum absolute atomic E-state index is 11.5. The minimum Gasteiger partial charge on any atom is -0.450 e. The van der Waals surface area contributed by atoms with Crippen molar-refractivity contribution in [3.63, 3.8) is 0 Å². The van der Waals surface area contributed by atoms with Gasteiger partial charge in [-0.2, -0.15) is 0 Å². The SMILES string of the molecule is CCOC(=O)N1CCC(Nc2nnc(Br)s2)CC1. The maximum Gasteiger partial charge on any atom is 0.409 e. The number of carbonyl (C=O) groups excluding carboxylic acids is 1. The molecule has 0 atom stereocenters. The van der Waals surface area contributed by atoms with Crippen molar-refractivity contribution in [1.29, 1.82) is 0 Å². The van der Waals surface area contributed by atoms with Gasteiger partial charge in [0.15, 0.2) is 3.92 Å². The largest absolute Gasteiger partial charge is 0.450 e. The fourth-order valence-electron chi connectivity index (χ4n) is 1.86. The molecule has 100 valence electrons. The van der Waals surface area contributed by atoms with Gasteiger partial charge >= 0.3 is 6.09 Å². The molecule has 0 aromatic carbocycles. The van der Waals surface area contributed by atoms with Gasteiger partial charge in [-0.05, 0) is 35.7 Å². The van der Waals surface area contributed by atoms with Gasteiger partial charge in [0.25, 0.3) is 0 Å². The van der Waals surface area contributed by atoms with Gasteiger partial charge < -0.3 is 15.0 Å². The fourth-order valence-corrected chi connectivity index (χ4v) is 2.95. The molecular weight excluding hydrogens is 320 g/mol. The van der Waals surface area contributed by atoms with E-state index in [0.29, 0.717) is 12.6 Å². The number of rotatable bonds is 3. The molecule has 1 fully saturated rings. The van der Waals surface area contributed by atoms with Gasteiger partial charge in [-0.3, -0.25) is 0 Å². The fraction of sp³-hybridized carbons (Fsp3) is 0.700. The number of anilines is 1. The van der Waals surface area contributed by atoms with E-state index in [1.54, 1.807) is 4.90 Å². The molecule has 0 bridgehead atoms. The van der Waals surface area contributed by atoms with Crippen LogP contribution in [0.1, 0.15) is 19.8 Å². The Balaban J connectivity index is 1.78. The number of amides is 1. The van der Waals surface area contributed by atoms with Crippen molar-refractivity contribution in [2.24, 2.45) is 0 Å². The van der Waals surface area contributed by atoms with Crippen molar-refractivity contribution >= 4 is 38.5 Å². The molecule has 0 unspecified atom stereocenters. The summed E-state index contributed by atoms with van der Waals surface area (Å²) in [6.45, 7) is 3.68. The van der Waals surface area contributed by atoms with Crippen molar-refractivity contribution < 1.29 is 9.53 Å². The van der Waals surface area contributed by atoms with Crippen LogP contribution in [0.3, 0.4) is 0 Å². The quantitative estimate of drug-likeness (QED) is 0.918. The summed E-state index contributed by atoms with van der Waals surface area (Å²) in [6.07, 6.45) is 1.58. The van der Waals surface area contributed by atoms with E-state index in [0.717, 1.165) is 35.0 Å². The molecule has 0 saturated carbocycles. The van der Waals surface area contributed by atoms with Crippen LogP contribution in [-0.4, -0.2) is 46.9 Å². The molecule has 1 aliphatic heterocycles. The topological polar surface area (TPSA) is 67.3 Å². The second kappa shape index (κ2) is 6.33. The van der Waals surface area contributed by atoms with Crippen LogP contribution in [-0.2, 0) is 4.74 Å². The number of likely N-dealkylation sites (tertiary alicyclic amines) is 1. The zero-order chi connectivity index (χ0) is 13.0. The van der Waals surface area contributed by atoms with Crippen molar-refractivity contribution in [2.75, 3.05) is 25.0 Å². The molecule has 6 nitrogen and oxygen atoms in total. The number of ether oxygens (including phenoxy) is 1. The number of halogens is 1. The Morgan fingerprint density at radius 1 is 1.56 bits per heavy atom. The predicted octanol–water partition coefficient (Wildman–Crippen LogP) is 2.33. The number of nitrogens with zero attached hydrogens (tertiary/aromatic N) is 3. The second-order valence-corrected chi connectivity index (χ2v) is 6.22. The smallest absolute Gasteiger partial charge is 0.409 e. The van der Waals surface area contributed by atoms with Crippen LogP contribution < -0.4 is 5.32 Å². The number of aromatic nitrogens is 2. The van der Waals surface area contributed by atoms with Gasteiger partial charge in [0, 0.05) is 19.1 Å². The average Bonchev–Trinajstić information content (AvgIpc) is 2.76. The molecule has 1 amide bonds. The number of hydrogen-bond acceptors (Lipinski definition) is 6. The monoisotopic (exact) mass is 334 g/mol. The Hall–Kier alpha value is -0.890. The molecule has 1 N–H and O–H groups in total. The first-order valence-corrected chi connectivity index (χ1v) is 7.47. The van der Waals surface area contributed by atoms with Crippen LogP contribution in [0.4, 0.5) is 9.93 Å². The highest BCUT2D eigenvalue weighted by Crippen LogP contribution is 2.23. The molecule has 0 spiro atoms. The van der Waals surface area contributed by atoms with Crippen molar-refractivity contribution in [3.8, 4) is 0 Å². The molecule has 1 aromatic heterocycles.